The molecule has 1 aromatic rings. The van der Waals surface area contributed by atoms with Crippen molar-refractivity contribution in [1.29, 1.82) is 0 Å². The second kappa shape index (κ2) is 6.24. The first-order chi connectivity index (χ1) is 7.24. The first-order valence-corrected chi connectivity index (χ1v) is 5.17. The number of hydrogen-bond acceptors (Lipinski definition) is 3. The maximum atomic E-state index is 11.4. The van der Waals surface area contributed by atoms with Crippen LogP contribution in [-0.4, -0.2) is 17.6 Å². The Hall–Kier alpha value is -1.29. The summed E-state index contributed by atoms with van der Waals surface area (Å²) in [6.07, 6.45) is 3.42. The predicted octanol–water partition coefficient (Wildman–Crippen LogP) is 1.62. The number of unbranched alkanes of at least 4 members (excludes halogenated alkanes) is 1. The number of carbonyl (C=O) groups excluding carboxylic acids is 1. The SMILES string of the molecule is C[C@@H](NC(=O)CCCCO)c1ccco1. The van der Waals surface area contributed by atoms with Crippen molar-refractivity contribution in [2.24, 2.45) is 0 Å². The van der Waals surface area contributed by atoms with Gasteiger partial charge in [-0.1, -0.05) is 0 Å². The molecule has 0 spiro atoms. The van der Waals surface area contributed by atoms with Crippen LogP contribution in [0, 0.1) is 0 Å². The number of hydrogen-bond donors (Lipinski definition) is 2. The van der Waals surface area contributed by atoms with Crippen molar-refractivity contribution < 1.29 is 14.3 Å². The van der Waals surface area contributed by atoms with Gasteiger partial charge in [-0.25, -0.2) is 0 Å². The van der Waals surface area contributed by atoms with E-state index in [2.05, 4.69) is 5.32 Å². The standard InChI is InChI=1S/C11H17NO3/c1-9(10-5-4-8-15-10)12-11(14)6-2-3-7-13/h4-5,8-9,13H,2-3,6-7H2,1H3,(H,12,14)/t9-/m1/s1. The first kappa shape index (κ1) is 11.8. The summed E-state index contributed by atoms with van der Waals surface area (Å²) in [5.41, 5.74) is 0. The van der Waals surface area contributed by atoms with Crippen molar-refractivity contribution in [3.8, 4) is 0 Å². The summed E-state index contributed by atoms with van der Waals surface area (Å²) in [5.74, 6) is 0.748. The van der Waals surface area contributed by atoms with E-state index in [1.54, 1.807) is 12.3 Å². The molecule has 0 fully saturated rings. The highest BCUT2D eigenvalue weighted by molar-refractivity contribution is 5.76. The minimum atomic E-state index is -0.0957. The van der Waals surface area contributed by atoms with Crippen LogP contribution in [0.2, 0.25) is 0 Å². The van der Waals surface area contributed by atoms with E-state index in [1.807, 2.05) is 13.0 Å². The number of carbonyl (C=O) groups is 1. The zero-order valence-corrected chi connectivity index (χ0v) is 8.90. The van der Waals surface area contributed by atoms with Gasteiger partial charge in [-0.3, -0.25) is 4.79 Å². The Morgan fingerprint density at radius 1 is 1.60 bits per heavy atom. The molecular weight excluding hydrogens is 194 g/mol. The molecule has 0 radical (unpaired) electrons. The van der Waals surface area contributed by atoms with Crippen molar-refractivity contribution >= 4 is 5.91 Å². The lowest BCUT2D eigenvalue weighted by atomic mass is 10.2. The molecule has 0 aromatic carbocycles. The minimum absolute atomic E-state index is 0.00708. The summed E-state index contributed by atoms with van der Waals surface area (Å²) in [4.78, 5) is 11.4. The van der Waals surface area contributed by atoms with E-state index in [9.17, 15) is 4.79 Å². The van der Waals surface area contributed by atoms with Gasteiger partial charge in [0.2, 0.25) is 5.91 Å². The number of aliphatic hydroxyl groups is 1. The topological polar surface area (TPSA) is 62.5 Å². The van der Waals surface area contributed by atoms with Gasteiger partial charge in [0.05, 0.1) is 12.3 Å². The molecule has 0 aliphatic rings. The van der Waals surface area contributed by atoms with E-state index in [-0.39, 0.29) is 18.6 Å². The number of aliphatic hydroxyl groups excluding tert-OH is 1. The van der Waals surface area contributed by atoms with Crippen LogP contribution >= 0.6 is 0 Å². The molecule has 2 N–H and O–H groups in total. The molecule has 0 unspecified atom stereocenters. The molecule has 1 aromatic heterocycles. The summed E-state index contributed by atoms with van der Waals surface area (Å²) >= 11 is 0. The molecule has 4 heteroatoms. The van der Waals surface area contributed by atoms with Crippen molar-refractivity contribution in [2.45, 2.75) is 32.2 Å². The van der Waals surface area contributed by atoms with Crippen LogP contribution in [-0.2, 0) is 4.79 Å². The second-order valence-corrected chi connectivity index (χ2v) is 3.49. The van der Waals surface area contributed by atoms with Crippen molar-refractivity contribution in [3.63, 3.8) is 0 Å². The van der Waals surface area contributed by atoms with Crippen LogP contribution in [0.1, 0.15) is 38.0 Å². The Morgan fingerprint density at radius 3 is 3.00 bits per heavy atom. The third kappa shape index (κ3) is 4.16. The fraction of sp³-hybridized carbons (Fsp3) is 0.545. The molecule has 4 nitrogen and oxygen atoms in total. The normalized spacial score (nSPS) is 12.4. The van der Waals surface area contributed by atoms with E-state index in [0.717, 1.165) is 5.76 Å². The molecule has 1 rings (SSSR count). The van der Waals surface area contributed by atoms with Crippen LogP contribution in [0.5, 0.6) is 0 Å². The Bertz CT molecular complexity index is 282. The maximum Gasteiger partial charge on any atom is 0.220 e. The Labute approximate surface area is 89.3 Å². The fourth-order valence-corrected chi connectivity index (χ4v) is 1.32. The average Bonchev–Trinajstić information content (AvgIpc) is 2.70. The Morgan fingerprint density at radius 2 is 2.40 bits per heavy atom. The van der Waals surface area contributed by atoms with Crippen LogP contribution < -0.4 is 5.32 Å². The van der Waals surface area contributed by atoms with Gasteiger partial charge < -0.3 is 14.8 Å². The molecule has 84 valence electrons. The third-order valence-electron chi connectivity index (χ3n) is 2.16. The number of nitrogens with one attached hydrogen (secondary N) is 1. The third-order valence-corrected chi connectivity index (χ3v) is 2.16. The smallest absolute Gasteiger partial charge is 0.220 e. The first-order valence-electron chi connectivity index (χ1n) is 5.17. The molecule has 0 aliphatic carbocycles. The Balaban J connectivity index is 2.26. The lowest BCUT2D eigenvalue weighted by molar-refractivity contribution is -0.122. The summed E-state index contributed by atoms with van der Waals surface area (Å²) in [7, 11) is 0. The molecule has 0 saturated heterocycles. The highest BCUT2D eigenvalue weighted by Crippen LogP contribution is 2.12. The summed E-state index contributed by atoms with van der Waals surface area (Å²) < 4.78 is 5.17. The molecule has 0 bridgehead atoms. The van der Waals surface area contributed by atoms with E-state index >= 15 is 0 Å². The van der Waals surface area contributed by atoms with Crippen molar-refractivity contribution in [1.82, 2.24) is 5.32 Å². The lowest BCUT2D eigenvalue weighted by Crippen LogP contribution is -2.26. The zero-order chi connectivity index (χ0) is 11.1. The van der Waals surface area contributed by atoms with Gasteiger partial charge in [0.1, 0.15) is 5.76 Å². The van der Waals surface area contributed by atoms with E-state index < -0.39 is 0 Å². The largest absolute Gasteiger partial charge is 0.467 e. The van der Waals surface area contributed by atoms with Crippen molar-refractivity contribution in [3.05, 3.63) is 24.2 Å². The van der Waals surface area contributed by atoms with E-state index in [4.69, 9.17) is 9.52 Å². The lowest BCUT2D eigenvalue weighted by Gasteiger charge is -2.10. The molecule has 1 atom stereocenters. The predicted molar refractivity (Wildman–Crippen MR) is 56.2 cm³/mol. The van der Waals surface area contributed by atoms with E-state index in [0.29, 0.717) is 19.3 Å². The fourth-order valence-electron chi connectivity index (χ4n) is 1.32. The number of rotatable bonds is 6. The van der Waals surface area contributed by atoms with Gasteiger partial charge in [-0.2, -0.15) is 0 Å². The quantitative estimate of drug-likeness (QED) is 0.703. The molecule has 1 amide bonds. The van der Waals surface area contributed by atoms with Gasteiger partial charge in [0.25, 0.3) is 0 Å². The molecule has 1 heterocycles. The van der Waals surface area contributed by atoms with Gasteiger partial charge in [0.15, 0.2) is 0 Å². The van der Waals surface area contributed by atoms with Gasteiger partial charge >= 0.3 is 0 Å². The van der Waals surface area contributed by atoms with Crippen molar-refractivity contribution in [2.75, 3.05) is 6.61 Å². The van der Waals surface area contributed by atoms with Crippen LogP contribution in [0.15, 0.2) is 22.8 Å². The number of furan rings is 1. The van der Waals surface area contributed by atoms with E-state index in [1.165, 1.54) is 0 Å². The molecule has 0 saturated carbocycles. The van der Waals surface area contributed by atoms with Crippen LogP contribution in [0.4, 0.5) is 0 Å². The van der Waals surface area contributed by atoms with Gasteiger partial charge in [-0.15, -0.1) is 0 Å². The van der Waals surface area contributed by atoms with Gasteiger partial charge in [0, 0.05) is 13.0 Å². The molecule has 0 aliphatic heterocycles. The highest BCUT2D eigenvalue weighted by atomic mass is 16.3. The second-order valence-electron chi connectivity index (χ2n) is 3.49. The number of amides is 1. The van der Waals surface area contributed by atoms with Crippen LogP contribution in [0.25, 0.3) is 0 Å². The summed E-state index contributed by atoms with van der Waals surface area (Å²) in [5, 5.41) is 11.4. The average molecular weight is 211 g/mol. The molecule has 15 heavy (non-hydrogen) atoms. The van der Waals surface area contributed by atoms with Gasteiger partial charge in [-0.05, 0) is 31.9 Å². The highest BCUT2D eigenvalue weighted by Gasteiger charge is 2.10. The summed E-state index contributed by atoms with van der Waals surface area (Å²) in [6.45, 7) is 2.02. The maximum absolute atomic E-state index is 11.4. The monoisotopic (exact) mass is 211 g/mol. The van der Waals surface area contributed by atoms with Crippen LogP contribution in [0.3, 0.4) is 0 Å². The Kier molecular flexibility index (Phi) is 4.90. The zero-order valence-electron chi connectivity index (χ0n) is 8.90. The summed E-state index contributed by atoms with van der Waals surface area (Å²) in [6, 6.07) is 3.53. The molecular formula is C11H17NO3. The minimum Gasteiger partial charge on any atom is -0.467 e.